The normalized spacial score (nSPS) is 32.3. The maximum atomic E-state index is 13.0. The number of fused-ring (bicyclic) bond motifs is 2. The molecule has 2 aliphatic carbocycles. The van der Waals surface area contributed by atoms with E-state index in [9.17, 15) is 9.59 Å². The summed E-state index contributed by atoms with van der Waals surface area (Å²) >= 11 is 11.9. The van der Waals surface area contributed by atoms with Gasteiger partial charge in [-0.1, -0.05) is 44.0 Å². The Kier molecular flexibility index (Phi) is 3.39. The molecule has 118 valence electrons. The Balaban J connectivity index is 1.92. The molecule has 0 unspecified atom stereocenters. The molecule has 2 atom stereocenters. The lowest BCUT2D eigenvalue weighted by Gasteiger charge is -2.38. The third-order valence-electron chi connectivity index (χ3n) is 6.32. The van der Waals surface area contributed by atoms with Crippen molar-refractivity contribution in [1.82, 2.24) is 0 Å². The van der Waals surface area contributed by atoms with E-state index in [1.165, 1.54) is 0 Å². The van der Waals surface area contributed by atoms with E-state index in [0.29, 0.717) is 22.2 Å². The fourth-order valence-electron chi connectivity index (χ4n) is 4.19. The monoisotopic (exact) mass is 339 g/mol. The Morgan fingerprint density at radius 1 is 1.14 bits per heavy atom. The minimum absolute atomic E-state index is 0.0922. The molecule has 3 nitrogen and oxygen atoms in total. The predicted molar refractivity (Wildman–Crippen MR) is 88.3 cm³/mol. The largest absolute Gasteiger partial charge is 0.326 e. The summed E-state index contributed by atoms with van der Waals surface area (Å²) in [6.45, 7) is 6.08. The number of Topliss-reactive ketones (excluding diaryl/α,β-unsaturated/α-hetero) is 1. The van der Waals surface area contributed by atoms with Crippen LogP contribution in [0.25, 0.3) is 0 Å². The third-order valence-corrected chi connectivity index (χ3v) is 7.06. The first-order chi connectivity index (χ1) is 10.1. The van der Waals surface area contributed by atoms with Gasteiger partial charge in [-0.2, -0.15) is 0 Å². The van der Waals surface area contributed by atoms with Crippen LogP contribution in [0.1, 0.15) is 40.0 Å². The quantitative estimate of drug-likeness (QED) is 0.847. The smallest absolute Gasteiger partial charge is 0.231 e. The van der Waals surface area contributed by atoms with Crippen molar-refractivity contribution in [2.24, 2.45) is 16.2 Å². The Morgan fingerprint density at radius 2 is 1.82 bits per heavy atom. The molecule has 2 bridgehead atoms. The van der Waals surface area contributed by atoms with Gasteiger partial charge in [0.1, 0.15) is 5.78 Å². The molecule has 0 aliphatic heterocycles. The molecule has 2 aliphatic rings. The lowest BCUT2D eigenvalue weighted by Crippen LogP contribution is -2.43. The number of amides is 1. The van der Waals surface area contributed by atoms with Gasteiger partial charge in [-0.05, 0) is 36.5 Å². The van der Waals surface area contributed by atoms with E-state index in [1.807, 2.05) is 20.8 Å². The van der Waals surface area contributed by atoms with Gasteiger partial charge in [0.2, 0.25) is 5.91 Å². The first-order valence-electron chi connectivity index (χ1n) is 7.44. The molecule has 0 saturated heterocycles. The highest BCUT2D eigenvalue weighted by Gasteiger charge is 2.72. The number of anilines is 1. The van der Waals surface area contributed by atoms with Crippen molar-refractivity contribution < 1.29 is 9.59 Å². The number of carbonyl (C=O) groups excluding carboxylic acids is 2. The van der Waals surface area contributed by atoms with Crippen molar-refractivity contribution in [3.63, 3.8) is 0 Å². The van der Waals surface area contributed by atoms with Gasteiger partial charge >= 0.3 is 0 Å². The minimum atomic E-state index is -0.634. The van der Waals surface area contributed by atoms with Crippen LogP contribution in [0.2, 0.25) is 10.0 Å². The summed E-state index contributed by atoms with van der Waals surface area (Å²) in [5, 5.41) is 3.77. The second kappa shape index (κ2) is 4.72. The molecule has 1 aromatic rings. The second-order valence-electron chi connectivity index (χ2n) is 7.22. The summed E-state index contributed by atoms with van der Waals surface area (Å²) in [6, 6.07) is 5.01. The zero-order valence-electron chi connectivity index (χ0n) is 12.9. The van der Waals surface area contributed by atoms with E-state index in [-0.39, 0.29) is 17.1 Å². The number of hydrogen-bond acceptors (Lipinski definition) is 2. The molecule has 22 heavy (non-hydrogen) atoms. The molecule has 0 aromatic heterocycles. The summed E-state index contributed by atoms with van der Waals surface area (Å²) in [5.41, 5.74) is -0.776. The third kappa shape index (κ3) is 1.82. The maximum Gasteiger partial charge on any atom is 0.231 e. The van der Waals surface area contributed by atoms with Crippen LogP contribution >= 0.6 is 23.2 Å². The van der Waals surface area contributed by atoms with Gasteiger partial charge in [-0.15, -0.1) is 0 Å². The molecular weight excluding hydrogens is 321 g/mol. The molecule has 1 amide bonds. The number of carbonyl (C=O) groups is 2. The molecule has 1 aromatic carbocycles. The van der Waals surface area contributed by atoms with Crippen LogP contribution in [-0.4, -0.2) is 11.7 Å². The fourth-order valence-corrected chi connectivity index (χ4v) is 4.48. The fraction of sp³-hybridized carbons (Fsp3) is 0.529. The van der Waals surface area contributed by atoms with Gasteiger partial charge < -0.3 is 5.32 Å². The van der Waals surface area contributed by atoms with Gasteiger partial charge in [-0.25, -0.2) is 0 Å². The Hall–Kier alpha value is -1.06. The van der Waals surface area contributed by atoms with Crippen LogP contribution in [-0.2, 0) is 9.59 Å². The van der Waals surface area contributed by atoms with E-state index in [4.69, 9.17) is 23.2 Å². The molecule has 2 saturated carbocycles. The van der Waals surface area contributed by atoms with Crippen molar-refractivity contribution in [2.75, 3.05) is 5.32 Å². The van der Waals surface area contributed by atoms with Gasteiger partial charge in [0.15, 0.2) is 0 Å². The molecule has 2 fully saturated rings. The summed E-state index contributed by atoms with van der Waals surface area (Å²) in [7, 11) is 0. The lowest BCUT2D eigenvalue weighted by atomic mass is 9.64. The molecular formula is C17H19Cl2NO2. The summed E-state index contributed by atoms with van der Waals surface area (Å²) < 4.78 is 0. The Bertz CT molecular complexity index is 685. The zero-order chi connectivity index (χ0) is 16.3. The van der Waals surface area contributed by atoms with Crippen LogP contribution in [0.3, 0.4) is 0 Å². The summed E-state index contributed by atoms with van der Waals surface area (Å²) in [6.07, 6.45) is 1.84. The van der Waals surface area contributed by atoms with Crippen LogP contribution < -0.4 is 5.32 Å². The Morgan fingerprint density at radius 3 is 2.32 bits per heavy atom. The lowest BCUT2D eigenvalue weighted by molar-refractivity contribution is -0.131. The molecule has 0 spiro atoms. The molecule has 5 heteroatoms. The predicted octanol–water partition coefficient (Wildman–Crippen LogP) is 4.72. The van der Waals surface area contributed by atoms with Gasteiger partial charge in [-0.3, -0.25) is 9.59 Å². The topological polar surface area (TPSA) is 46.2 Å². The minimum Gasteiger partial charge on any atom is -0.326 e. The van der Waals surface area contributed by atoms with Crippen molar-refractivity contribution >= 4 is 40.6 Å². The Labute approximate surface area is 140 Å². The number of rotatable bonds is 2. The van der Waals surface area contributed by atoms with E-state index in [0.717, 1.165) is 12.8 Å². The first kappa shape index (κ1) is 15.8. The van der Waals surface area contributed by atoms with Crippen molar-refractivity contribution in [1.29, 1.82) is 0 Å². The summed E-state index contributed by atoms with van der Waals surface area (Å²) in [4.78, 5) is 25.4. The number of nitrogens with one attached hydrogen (secondary N) is 1. The highest BCUT2D eigenvalue weighted by atomic mass is 35.5. The summed E-state index contributed by atoms with van der Waals surface area (Å²) in [5.74, 6) is 0.110. The highest BCUT2D eigenvalue weighted by Crippen LogP contribution is 2.70. The van der Waals surface area contributed by atoms with Crippen LogP contribution in [0.5, 0.6) is 0 Å². The van der Waals surface area contributed by atoms with Crippen molar-refractivity contribution in [3.05, 3.63) is 28.2 Å². The van der Waals surface area contributed by atoms with Crippen LogP contribution in [0.4, 0.5) is 5.69 Å². The van der Waals surface area contributed by atoms with E-state index >= 15 is 0 Å². The van der Waals surface area contributed by atoms with E-state index < -0.39 is 10.8 Å². The van der Waals surface area contributed by atoms with E-state index in [2.05, 4.69) is 5.32 Å². The average molecular weight is 340 g/mol. The number of ketones is 1. The van der Waals surface area contributed by atoms with Gasteiger partial charge in [0.05, 0.1) is 15.5 Å². The SMILES string of the molecule is CC1(C)[C@]2(C(=O)Nc3ccc(Cl)c(Cl)c3)CC[C@]1(C)C(=O)C2. The van der Waals surface area contributed by atoms with E-state index in [1.54, 1.807) is 18.2 Å². The molecule has 3 rings (SSSR count). The first-order valence-corrected chi connectivity index (χ1v) is 8.19. The number of halogens is 2. The molecule has 0 heterocycles. The average Bonchev–Trinajstić information content (AvgIpc) is 2.73. The second-order valence-corrected chi connectivity index (χ2v) is 8.04. The molecule has 0 radical (unpaired) electrons. The molecule has 1 N–H and O–H groups in total. The zero-order valence-corrected chi connectivity index (χ0v) is 14.4. The maximum absolute atomic E-state index is 13.0. The van der Waals surface area contributed by atoms with Crippen LogP contribution in [0.15, 0.2) is 18.2 Å². The standard InChI is InChI=1S/C17H19Cl2NO2/c1-15(2)16(3)6-7-17(15,9-13(16)21)14(22)20-10-4-5-11(18)12(19)8-10/h4-5,8H,6-7,9H2,1-3H3,(H,20,22)/t16-,17-/m1/s1. The van der Waals surface area contributed by atoms with Gasteiger partial charge in [0, 0.05) is 17.5 Å². The number of hydrogen-bond donors (Lipinski definition) is 1. The number of benzene rings is 1. The van der Waals surface area contributed by atoms with Crippen molar-refractivity contribution in [2.45, 2.75) is 40.0 Å². The van der Waals surface area contributed by atoms with Gasteiger partial charge in [0.25, 0.3) is 0 Å². The van der Waals surface area contributed by atoms with Crippen LogP contribution in [0, 0.1) is 16.2 Å². The highest BCUT2D eigenvalue weighted by molar-refractivity contribution is 6.42. The van der Waals surface area contributed by atoms with Crippen molar-refractivity contribution in [3.8, 4) is 0 Å².